The average Bonchev–Trinajstić information content (AvgIpc) is 3.52. The molecular formula is C20H32O4Si4. The minimum absolute atomic E-state index is 0.465. The normalized spacial score (nSPS) is 46.9. The van der Waals surface area contributed by atoms with Gasteiger partial charge in [0.1, 0.15) is 0 Å². The molecule has 1 saturated heterocycles. The van der Waals surface area contributed by atoms with Gasteiger partial charge in [-0.05, 0) is 51.4 Å². The molecule has 0 aromatic carbocycles. The second-order valence-electron chi connectivity index (χ2n) is 9.21. The molecule has 0 aromatic rings. The summed E-state index contributed by atoms with van der Waals surface area (Å²) in [7, 11) is -10.7. The molecule has 1 aliphatic heterocycles. The molecule has 5 aliphatic rings. The van der Waals surface area contributed by atoms with Crippen molar-refractivity contribution >= 4 is 34.2 Å². The van der Waals surface area contributed by atoms with Gasteiger partial charge < -0.3 is 16.5 Å². The first-order valence-electron chi connectivity index (χ1n) is 10.8. The van der Waals surface area contributed by atoms with E-state index in [4.69, 9.17) is 16.5 Å². The zero-order valence-electron chi connectivity index (χ0n) is 16.7. The highest BCUT2D eigenvalue weighted by Crippen LogP contribution is 2.61. The lowest BCUT2D eigenvalue weighted by Gasteiger charge is -2.51. The van der Waals surface area contributed by atoms with E-state index in [2.05, 4.69) is 26.3 Å². The van der Waals surface area contributed by atoms with Gasteiger partial charge in [0.25, 0.3) is 0 Å². The van der Waals surface area contributed by atoms with E-state index in [0.29, 0.717) is 22.2 Å². The van der Waals surface area contributed by atoms with Crippen molar-refractivity contribution in [3.63, 3.8) is 0 Å². The standard InChI is InChI=1S/C20H32O4Si4/c1-5-25(17-9-10-17)21-26(6-2,18-11-12-18)23-28(8-4,20-15-16-20)24-27(7-3,22-25)19-13-14-19/h5-8,17-20H,1-4,9-16H2. The third-order valence-corrected chi connectivity index (χ3v) is 26.3. The Morgan fingerprint density at radius 3 is 0.714 bits per heavy atom. The molecule has 0 bridgehead atoms. The Morgan fingerprint density at radius 1 is 0.429 bits per heavy atom. The topological polar surface area (TPSA) is 36.9 Å². The summed E-state index contributed by atoms with van der Waals surface area (Å²) in [6, 6.07) is 0. The second-order valence-corrected chi connectivity index (χ2v) is 23.1. The lowest BCUT2D eigenvalue weighted by molar-refractivity contribution is 0.231. The summed E-state index contributed by atoms with van der Waals surface area (Å²) in [4.78, 5) is 0. The van der Waals surface area contributed by atoms with Gasteiger partial charge >= 0.3 is 34.2 Å². The largest absolute Gasteiger partial charge is 0.409 e. The van der Waals surface area contributed by atoms with Crippen LogP contribution < -0.4 is 0 Å². The molecule has 0 atom stereocenters. The van der Waals surface area contributed by atoms with Crippen molar-refractivity contribution in [2.45, 2.75) is 73.5 Å². The highest BCUT2D eigenvalue weighted by molar-refractivity contribution is 7.01. The van der Waals surface area contributed by atoms with Gasteiger partial charge in [-0.3, -0.25) is 0 Å². The Bertz CT molecular complexity index is 581. The molecule has 152 valence electrons. The number of rotatable bonds is 8. The minimum atomic E-state index is -2.67. The van der Waals surface area contributed by atoms with Crippen LogP contribution in [0.15, 0.2) is 49.1 Å². The molecule has 0 radical (unpaired) electrons. The fourth-order valence-electron chi connectivity index (χ4n) is 4.69. The maximum atomic E-state index is 7.17. The fourth-order valence-corrected chi connectivity index (χ4v) is 28.1. The Morgan fingerprint density at radius 2 is 0.607 bits per heavy atom. The summed E-state index contributed by atoms with van der Waals surface area (Å²) in [6.45, 7) is 16.9. The maximum absolute atomic E-state index is 7.17. The van der Waals surface area contributed by atoms with Crippen LogP contribution in [0, 0.1) is 0 Å². The van der Waals surface area contributed by atoms with Crippen molar-refractivity contribution in [3.8, 4) is 0 Å². The van der Waals surface area contributed by atoms with E-state index in [1.165, 1.54) is 0 Å². The lowest BCUT2D eigenvalue weighted by Crippen LogP contribution is -2.69. The molecule has 28 heavy (non-hydrogen) atoms. The van der Waals surface area contributed by atoms with Crippen LogP contribution in [0.5, 0.6) is 0 Å². The van der Waals surface area contributed by atoms with Crippen LogP contribution >= 0.6 is 0 Å². The predicted octanol–water partition coefficient (Wildman–Crippen LogP) is 5.39. The van der Waals surface area contributed by atoms with Crippen LogP contribution in [-0.4, -0.2) is 34.2 Å². The van der Waals surface area contributed by atoms with Gasteiger partial charge in [-0.2, -0.15) is 0 Å². The molecule has 5 fully saturated rings. The molecule has 0 spiro atoms. The third-order valence-electron chi connectivity index (χ3n) is 7.00. The Labute approximate surface area is 173 Å². The molecule has 8 heteroatoms. The predicted molar refractivity (Wildman–Crippen MR) is 120 cm³/mol. The Balaban J connectivity index is 1.64. The van der Waals surface area contributed by atoms with Crippen LogP contribution in [0.1, 0.15) is 51.4 Å². The van der Waals surface area contributed by atoms with Gasteiger partial charge in [-0.15, -0.1) is 26.3 Å². The summed E-state index contributed by atoms with van der Waals surface area (Å²) in [5.74, 6) is 0. The highest BCUT2D eigenvalue weighted by Gasteiger charge is 2.71. The van der Waals surface area contributed by atoms with Gasteiger partial charge in [0, 0.05) is 22.2 Å². The van der Waals surface area contributed by atoms with Crippen LogP contribution in [0.3, 0.4) is 0 Å². The summed E-state index contributed by atoms with van der Waals surface area (Å²) < 4.78 is 28.7. The number of hydrogen-bond acceptors (Lipinski definition) is 4. The minimum Gasteiger partial charge on any atom is -0.409 e. The summed E-state index contributed by atoms with van der Waals surface area (Å²) in [5, 5.41) is 0. The molecule has 4 saturated carbocycles. The van der Waals surface area contributed by atoms with Gasteiger partial charge in [0.15, 0.2) is 0 Å². The highest BCUT2D eigenvalue weighted by atomic mass is 28.5. The van der Waals surface area contributed by atoms with Crippen molar-refractivity contribution in [3.05, 3.63) is 49.1 Å². The van der Waals surface area contributed by atoms with Crippen molar-refractivity contribution in [2.75, 3.05) is 0 Å². The molecule has 0 unspecified atom stereocenters. The molecule has 0 aromatic heterocycles. The molecule has 0 N–H and O–H groups in total. The van der Waals surface area contributed by atoms with Crippen LogP contribution in [0.2, 0.25) is 22.2 Å². The van der Waals surface area contributed by atoms with E-state index in [1.807, 2.05) is 22.8 Å². The quantitative estimate of drug-likeness (QED) is 0.466. The lowest BCUT2D eigenvalue weighted by atomic mass is 11.0. The maximum Gasteiger partial charge on any atom is 0.350 e. The molecule has 4 aliphatic carbocycles. The van der Waals surface area contributed by atoms with Crippen molar-refractivity contribution in [1.82, 2.24) is 0 Å². The van der Waals surface area contributed by atoms with Gasteiger partial charge in [0.2, 0.25) is 0 Å². The second kappa shape index (κ2) is 6.58. The summed E-state index contributed by atoms with van der Waals surface area (Å²) >= 11 is 0. The van der Waals surface area contributed by atoms with Gasteiger partial charge in [0.05, 0.1) is 0 Å². The molecule has 4 nitrogen and oxygen atoms in total. The van der Waals surface area contributed by atoms with Crippen molar-refractivity contribution in [2.24, 2.45) is 0 Å². The van der Waals surface area contributed by atoms with E-state index >= 15 is 0 Å². The first-order valence-corrected chi connectivity index (χ1v) is 18.7. The van der Waals surface area contributed by atoms with Crippen LogP contribution in [0.4, 0.5) is 0 Å². The summed E-state index contributed by atoms with van der Waals surface area (Å²) in [6.07, 6.45) is 9.25. The monoisotopic (exact) mass is 448 g/mol. The van der Waals surface area contributed by atoms with E-state index < -0.39 is 34.2 Å². The van der Waals surface area contributed by atoms with Crippen molar-refractivity contribution in [1.29, 1.82) is 0 Å². The Hall–Kier alpha value is -0.332. The first-order chi connectivity index (χ1) is 13.5. The van der Waals surface area contributed by atoms with E-state index in [9.17, 15) is 0 Å². The van der Waals surface area contributed by atoms with Gasteiger partial charge in [-0.25, -0.2) is 0 Å². The van der Waals surface area contributed by atoms with Crippen LogP contribution in [-0.2, 0) is 16.5 Å². The molecule has 5 rings (SSSR count). The zero-order chi connectivity index (χ0) is 19.6. The summed E-state index contributed by atoms with van der Waals surface area (Å²) in [5.41, 5.74) is 9.96. The fraction of sp³-hybridized carbons (Fsp3) is 0.600. The SMILES string of the molecule is C=C[Si]1(C2CC2)O[Si](C=C)(C2CC2)O[Si](C=C)(C2CC2)O[Si](C=C)(C2CC2)O1. The smallest absolute Gasteiger partial charge is 0.350 e. The van der Waals surface area contributed by atoms with E-state index in [1.54, 1.807) is 0 Å². The first kappa shape index (κ1) is 19.6. The number of hydrogen-bond donors (Lipinski definition) is 0. The van der Waals surface area contributed by atoms with E-state index in [0.717, 1.165) is 51.4 Å². The third kappa shape index (κ3) is 3.04. The average molecular weight is 449 g/mol. The van der Waals surface area contributed by atoms with E-state index in [-0.39, 0.29) is 0 Å². The molecular weight excluding hydrogens is 417 g/mol. The van der Waals surface area contributed by atoms with Crippen LogP contribution in [0.25, 0.3) is 0 Å². The van der Waals surface area contributed by atoms with Gasteiger partial charge in [-0.1, -0.05) is 22.8 Å². The Kier molecular flexibility index (Phi) is 4.61. The van der Waals surface area contributed by atoms with Crippen molar-refractivity contribution < 1.29 is 16.5 Å². The zero-order valence-corrected chi connectivity index (χ0v) is 20.7. The molecule has 1 heterocycles. The molecule has 0 amide bonds.